The fraction of sp³-hybridized carbons (Fsp3) is 0.200. The van der Waals surface area contributed by atoms with Crippen molar-refractivity contribution >= 4 is 45.9 Å². The van der Waals surface area contributed by atoms with Gasteiger partial charge in [-0.25, -0.2) is 14.6 Å². The highest BCUT2D eigenvalue weighted by Crippen LogP contribution is 2.27. The van der Waals surface area contributed by atoms with Crippen molar-refractivity contribution in [2.45, 2.75) is 31.6 Å². The first-order valence-electron chi connectivity index (χ1n) is 13.0. The molecule has 224 valence electrons. The summed E-state index contributed by atoms with van der Waals surface area (Å²) in [4.78, 5) is 38.7. The van der Waals surface area contributed by atoms with E-state index in [-0.39, 0.29) is 18.4 Å². The van der Waals surface area contributed by atoms with Gasteiger partial charge in [0.25, 0.3) is 0 Å². The van der Waals surface area contributed by atoms with E-state index in [1.165, 1.54) is 0 Å². The molecule has 10 nitrogen and oxygen atoms in total. The molecule has 2 atom stereocenters. The van der Waals surface area contributed by atoms with Crippen molar-refractivity contribution in [2.24, 2.45) is 0 Å². The number of anilines is 3. The van der Waals surface area contributed by atoms with Crippen LogP contribution in [0.5, 0.6) is 0 Å². The fourth-order valence-electron chi connectivity index (χ4n) is 4.28. The number of carboxylic acids is 1. The summed E-state index contributed by atoms with van der Waals surface area (Å²) in [5, 5.41) is 18.1. The molecule has 0 saturated carbocycles. The highest BCUT2D eigenvalue weighted by Gasteiger charge is 2.38. The van der Waals surface area contributed by atoms with E-state index in [1.807, 2.05) is 73.7 Å². The SMILES string of the molecule is C[C@H]1COC(=O)Nc2cccc(c2)CNC(=O)C(Nc2ccc3c(N)nccc3c2)c2ccc1cc2.O=C(O)C(F)(F)F. The number of nitrogen functional groups attached to an aromatic ring is 1. The molecule has 3 aromatic carbocycles. The zero-order valence-electron chi connectivity index (χ0n) is 22.8. The second-order valence-electron chi connectivity index (χ2n) is 9.72. The third kappa shape index (κ3) is 8.12. The van der Waals surface area contributed by atoms with E-state index in [1.54, 1.807) is 12.3 Å². The van der Waals surface area contributed by atoms with Gasteiger partial charge in [-0.3, -0.25) is 10.1 Å². The first-order valence-corrected chi connectivity index (χ1v) is 13.0. The topological polar surface area (TPSA) is 156 Å². The molecule has 0 radical (unpaired) electrons. The van der Waals surface area contributed by atoms with Crippen LogP contribution in [0.25, 0.3) is 10.8 Å². The number of hydrogen-bond donors (Lipinski definition) is 5. The normalized spacial score (nSPS) is 17.1. The summed E-state index contributed by atoms with van der Waals surface area (Å²) in [6, 6.07) is 22.1. The minimum absolute atomic E-state index is 0.0103. The van der Waals surface area contributed by atoms with Gasteiger partial charge in [-0.05, 0) is 58.5 Å². The Morgan fingerprint density at radius 2 is 1.74 bits per heavy atom. The minimum Gasteiger partial charge on any atom is -0.475 e. The van der Waals surface area contributed by atoms with Gasteiger partial charge in [0.1, 0.15) is 11.9 Å². The number of nitrogens with two attached hydrogens (primary N) is 1. The number of carboxylic acid groups (broad SMARTS) is 1. The number of alkyl halides is 3. The van der Waals surface area contributed by atoms with Gasteiger partial charge in [-0.2, -0.15) is 13.2 Å². The van der Waals surface area contributed by atoms with Crippen molar-refractivity contribution in [3.63, 3.8) is 0 Å². The van der Waals surface area contributed by atoms with Crippen LogP contribution in [-0.4, -0.2) is 40.8 Å². The number of halogens is 3. The monoisotopic (exact) mass is 595 g/mol. The van der Waals surface area contributed by atoms with E-state index in [2.05, 4.69) is 20.9 Å². The third-order valence-corrected chi connectivity index (χ3v) is 6.55. The van der Waals surface area contributed by atoms with E-state index in [0.29, 0.717) is 18.1 Å². The van der Waals surface area contributed by atoms with Gasteiger partial charge in [0.2, 0.25) is 5.91 Å². The molecular formula is C30H28F3N5O5. The fourth-order valence-corrected chi connectivity index (χ4v) is 4.28. The van der Waals surface area contributed by atoms with Crippen molar-refractivity contribution < 1.29 is 37.4 Å². The quantitative estimate of drug-likeness (QED) is 0.201. The molecule has 0 saturated heterocycles. The Balaban J connectivity index is 0.000000541. The van der Waals surface area contributed by atoms with Crippen LogP contribution in [0.1, 0.15) is 35.6 Å². The summed E-state index contributed by atoms with van der Waals surface area (Å²) >= 11 is 0. The first-order chi connectivity index (χ1) is 20.4. The van der Waals surface area contributed by atoms with Crippen LogP contribution in [0.4, 0.5) is 35.2 Å². The van der Waals surface area contributed by atoms with E-state index in [4.69, 9.17) is 20.4 Å². The number of rotatable bonds is 2. The average Bonchev–Trinajstić information content (AvgIpc) is 2.97. The first kappa shape index (κ1) is 30.6. The zero-order valence-corrected chi connectivity index (χ0v) is 22.8. The van der Waals surface area contributed by atoms with E-state index >= 15 is 0 Å². The molecule has 6 rings (SSSR count). The van der Waals surface area contributed by atoms with Gasteiger partial charge in [-0.1, -0.05) is 43.3 Å². The molecule has 13 heteroatoms. The predicted octanol–water partition coefficient (Wildman–Crippen LogP) is 5.59. The lowest BCUT2D eigenvalue weighted by atomic mass is 9.97. The Morgan fingerprint density at radius 1 is 1.05 bits per heavy atom. The molecule has 1 aromatic heterocycles. The molecule has 1 unspecified atom stereocenters. The highest BCUT2D eigenvalue weighted by atomic mass is 19.4. The van der Waals surface area contributed by atoms with Crippen LogP contribution < -0.4 is 21.7 Å². The summed E-state index contributed by atoms with van der Waals surface area (Å²) in [7, 11) is 0. The number of nitrogens with one attached hydrogen (secondary N) is 3. The van der Waals surface area contributed by atoms with Gasteiger partial charge in [0, 0.05) is 35.4 Å². The number of carbonyl (C=O) groups excluding carboxylic acids is 2. The van der Waals surface area contributed by atoms with Gasteiger partial charge in [0.15, 0.2) is 0 Å². The number of aliphatic carboxylic acids is 1. The summed E-state index contributed by atoms with van der Waals surface area (Å²) in [5.41, 5.74) is 10.1. The molecule has 4 aromatic rings. The summed E-state index contributed by atoms with van der Waals surface area (Å²) < 4.78 is 37.2. The number of hydrogen-bond acceptors (Lipinski definition) is 7. The third-order valence-electron chi connectivity index (χ3n) is 6.55. The predicted molar refractivity (Wildman–Crippen MR) is 154 cm³/mol. The lowest BCUT2D eigenvalue weighted by Crippen LogP contribution is -2.33. The van der Waals surface area contributed by atoms with Crippen LogP contribution >= 0.6 is 0 Å². The second kappa shape index (κ2) is 13.1. The molecule has 0 fully saturated rings. The van der Waals surface area contributed by atoms with Crippen LogP contribution in [0.2, 0.25) is 0 Å². The summed E-state index contributed by atoms with van der Waals surface area (Å²) in [6.45, 7) is 2.53. The molecule has 0 spiro atoms. The molecule has 6 N–H and O–H groups in total. The van der Waals surface area contributed by atoms with E-state index < -0.39 is 24.3 Å². The maximum atomic E-state index is 13.4. The van der Waals surface area contributed by atoms with Crippen LogP contribution in [0, 0.1) is 0 Å². The Kier molecular flexibility index (Phi) is 9.33. The van der Waals surface area contributed by atoms with Crippen LogP contribution in [0.3, 0.4) is 0 Å². The lowest BCUT2D eigenvalue weighted by Gasteiger charge is -2.22. The maximum absolute atomic E-state index is 13.4. The van der Waals surface area contributed by atoms with Gasteiger partial charge < -0.3 is 26.2 Å². The summed E-state index contributed by atoms with van der Waals surface area (Å²) in [5.74, 6) is -2.47. The number of carbonyl (C=O) groups is 3. The lowest BCUT2D eigenvalue weighted by molar-refractivity contribution is -0.192. The Hall–Kier alpha value is -5.33. The number of benzene rings is 3. The number of ether oxygens (including phenoxy) is 1. The van der Waals surface area contributed by atoms with Crippen LogP contribution in [-0.2, 0) is 20.9 Å². The van der Waals surface area contributed by atoms with Gasteiger partial charge in [0.05, 0.1) is 6.61 Å². The maximum Gasteiger partial charge on any atom is 0.490 e. The molecule has 2 aliphatic rings. The van der Waals surface area contributed by atoms with Crippen molar-refractivity contribution in [3.05, 3.63) is 95.7 Å². The molecular weight excluding hydrogens is 567 g/mol. The Labute approximate surface area is 244 Å². The van der Waals surface area contributed by atoms with Crippen molar-refractivity contribution in [2.75, 3.05) is 23.0 Å². The largest absolute Gasteiger partial charge is 0.490 e. The molecule has 2 amide bonds. The number of aromatic nitrogens is 1. The van der Waals surface area contributed by atoms with Crippen molar-refractivity contribution in [1.82, 2.24) is 10.3 Å². The smallest absolute Gasteiger partial charge is 0.475 e. The Bertz CT molecular complexity index is 1630. The van der Waals surface area contributed by atoms with Gasteiger partial charge in [-0.15, -0.1) is 0 Å². The number of pyridine rings is 1. The highest BCUT2D eigenvalue weighted by molar-refractivity contribution is 5.94. The number of amides is 2. The second-order valence-corrected chi connectivity index (χ2v) is 9.72. The van der Waals surface area contributed by atoms with E-state index in [0.717, 1.165) is 33.2 Å². The molecule has 43 heavy (non-hydrogen) atoms. The molecule has 4 bridgehead atoms. The summed E-state index contributed by atoms with van der Waals surface area (Å²) in [6.07, 6.45) is -3.93. The number of fused-ring (bicyclic) bond motifs is 10. The van der Waals surface area contributed by atoms with Gasteiger partial charge >= 0.3 is 18.2 Å². The Morgan fingerprint density at radius 3 is 2.44 bits per heavy atom. The molecule has 0 aliphatic carbocycles. The number of nitrogens with zero attached hydrogens (tertiary/aromatic N) is 1. The zero-order chi connectivity index (χ0) is 31.1. The standard InChI is InChI=1S/C28H27N5O3.C2HF3O2/c1-17-16-36-28(35)33-22-4-2-3-18(13-22)15-31-27(34)25(20-7-5-19(17)6-8-20)32-23-9-10-24-21(14-23)11-12-30-26(24)29;3-2(4,5)1(6)7/h2-14,17,25,32H,15-16H2,1H3,(H2,29,30)(H,31,34)(H,33,35);(H,6,7)/t17-,25?;/m0./s1. The molecule has 3 heterocycles. The van der Waals surface area contributed by atoms with Crippen molar-refractivity contribution in [1.29, 1.82) is 0 Å². The van der Waals surface area contributed by atoms with Crippen LogP contribution in [0.15, 0.2) is 79.0 Å². The van der Waals surface area contributed by atoms with E-state index in [9.17, 15) is 22.8 Å². The minimum atomic E-state index is -5.08. The molecule has 2 aliphatic heterocycles. The average molecular weight is 596 g/mol. The van der Waals surface area contributed by atoms with Crippen molar-refractivity contribution in [3.8, 4) is 0 Å².